The van der Waals surface area contributed by atoms with Gasteiger partial charge in [-0.3, -0.25) is 4.79 Å². The van der Waals surface area contributed by atoms with Gasteiger partial charge in [0.05, 0.1) is 19.1 Å². The molecular formula is C8H13NO5. The van der Waals surface area contributed by atoms with Gasteiger partial charge in [0, 0.05) is 13.1 Å². The molecule has 0 aromatic carbocycles. The number of hydrogen-bond acceptors (Lipinski definition) is 4. The summed E-state index contributed by atoms with van der Waals surface area (Å²) in [7, 11) is 1.22. The fourth-order valence-corrected chi connectivity index (χ4v) is 1.53. The molecule has 14 heavy (non-hydrogen) atoms. The van der Waals surface area contributed by atoms with Crippen molar-refractivity contribution in [1.29, 1.82) is 0 Å². The number of carboxylic acids is 1. The summed E-state index contributed by atoms with van der Waals surface area (Å²) in [6.07, 6.45) is -1.21. The van der Waals surface area contributed by atoms with Crippen LogP contribution in [-0.2, 0) is 9.53 Å². The summed E-state index contributed by atoms with van der Waals surface area (Å²) < 4.78 is 4.45. The Bertz CT molecular complexity index is 242. The number of amides is 1. The minimum atomic E-state index is -1.00. The second kappa shape index (κ2) is 4.28. The van der Waals surface area contributed by atoms with Crippen LogP contribution in [0.2, 0.25) is 0 Å². The second-order valence-electron chi connectivity index (χ2n) is 3.30. The van der Waals surface area contributed by atoms with Crippen molar-refractivity contribution < 1.29 is 24.5 Å². The number of aliphatic hydroxyl groups is 1. The monoisotopic (exact) mass is 203 g/mol. The van der Waals surface area contributed by atoms with Crippen molar-refractivity contribution in [1.82, 2.24) is 4.90 Å². The molecule has 2 atom stereocenters. The van der Waals surface area contributed by atoms with Gasteiger partial charge in [-0.25, -0.2) is 4.79 Å². The Balaban J connectivity index is 2.62. The first-order valence-corrected chi connectivity index (χ1v) is 4.28. The Kier molecular flexibility index (Phi) is 3.29. The predicted molar refractivity (Wildman–Crippen MR) is 45.7 cm³/mol. The Labute approximate surface area is 81.1 Å². The van der Waals surface area contributed by atoms with Crippen LogP contribution in [0.4, 0.5) is 4.79 Å². The fraction of sp³-hybridized carbons (Fsp3) is 0.750. The molecule has 1 rings (SSSR count). The first-order valence-electron chi connectivity index (χ1n) is 4.28. The van der Waals surface area contributed by atoms with Crippen molar-refractivity contribution in [3.05, 3.63) is 0 Å². The molecule has 6 nitrogen and oxygen atoms in total. The molecule has 1 aliphatic rings. The van der Waals surface area contributed by atoms with Gasteiger partial charge in [-0.15, -0.1) is 0 Å². The first-order chi connectivity index (χ1) is 6.54. The molecule has 0 radical (unpaired) electrons. The van der Waals surface area contributed by atoms with Gasteiger partial charge in [-0.1, -0.05) is 0 Å². The van der Waals surface area contributed by atoms with E-state index in [1.807, 2.05) is 0 Å². The maximum absolute atomic E-state index is 11.1. The summed E-state index contributed by atoms with van der Waals surface area (Å²) in [4.78, 5) is 22.9. The van der Waals surface area contributed by atoms with Crippen molar-refractivity contribution in [2.75, 3.05) is 20.2 Å². The number of hydrogen-bond donors (Lipinski definition) is 2. The van der Waals surface area contributed by atoms with Crippen LogP contribution in [-0.4, -0.2) is 53.5 Å². The number of carbonyl (C=O) groups is 2. The normalized spacial score (nSPS) is 27.1. The number of rotatable bonds is 1. The molecule has 2 N–H and O–H groups in total. The first kappa shape index (κ1) is 10.8. The summed E-state index contributed by atoms with van der Waals surface area (Å²) in [5.74, 6) is -1.71. The third-order valence-electron chi connectivity index (χ3n) is 2.21. The second-order valence-corrected chi connectivity index (χ2v) is 3.30. The molecule has 1 saturated heterocycles. The van der Waals surface area contributed by atoms with E-state index in [2.05, 4.69) is 4.74 Å². The highest BCUT2D eigenvalue weighted by atomic mass is 16.5. The molecule has 0 aromatic rings. The maximum atomic E-state index is 11.1. The molecule has 80 valence electrons. The Morgan fingerprint density at radius 2 is 2.07 bits per heavy atom. The molecule has 1 fully saturated rings. The van der Waals surface area contributed by atoms with Crippen LogP contribution < -0.4 is 0 Å². The highest BCUT2D eigenvalue weighted by Crippen LogP contribution is 2.17. The van der Waals surface area contributed by atoms with Crippen molar-refractivity contribution in [2.24, 2.45) is 5.92 Å². The minimum absolute atomic E-state index is 0.0963. The molecule has 0 bridgehead atoms. The van der Waals surface area contributed by atoms with Gasteiger partial charge in [0.1, 0.15) is 0 Å². The molecular weight excluding hydrogens is 190 g/mol. The van der Waals surface area contributed by atoms with Gasteiger partial charge >= 0.3 is 12.1 Å². The molecule has 0 saturated carbocycles. The number of aliphatic hydroxyl groups excluding tert-OH is 1. The van der Waals surface area contributed by atoms with E-state index in [4.69, 9.17) is 5.11 Å². The summed E-state index contributed by atoms with van der Waals surface area (Å²) in [6, 6.07) is 0. The Morgan fingerprint density at radius 3 is 2.57 bits per heavy atom. The summed E-state index contributed by atoms with van der Waals surface area (Å²) in [6.45, 7) is 0.232. The molecule has 0 aromatic heterocycles. The number of aliphatic carboxylic acids is 1. The SMILES string of the molecule is COC(=O)N1C[C@@H](O)C[C@@H](C(=O)O)C1. The highest BCUT2D eigenvalue weighted by Gasteiger charge is 2.33. The molecule has 1 amide bonds. The summed E-state index contributed by atoms with van der Waals surface area (Å²) in [5.41, 5.74) is 0. The summed E-state index contributed by atoms with van der Waals surface area (Å²) >= 11 is 0. The van der Waals surface area contributed by atoms with Crippen LogP contribution in [0.5, 0.6) is 0 Å². The molecule has 0 aliphatic carbocycles. The van der Waals surface area contributed by atoms with Crippen LogP contribution in [0.15, 0.2) is 0 Å². The zero-order chi connectivity index (χ0) is 10.7. The van der Waals surface area contributed by atoms with E-state index >= 15 is 0 Å². The lowest BCUT2D eigenvalue weighted by molar-refractivity contribution is -0.145. The van der Waals surface area contributed by atoms with E-state index in [9.17, 15) is 14.7 Å². The number of likely N-dealkylation sites (tertiary alicyclic amines) is 1. The lowest BCUT2D eigenvalue weighted by atomic mass is 9.96. The van der Waals surface area contributed by atoms with Gasteiger partial charge in [-0.2, -0.15) is 0 Å². The number of β-amino-alcohol motifs (C(OH)–C–C–N with tert-alkyl or cyclic N) is 1. The van der Waals surface area contributed by atoms with Gasteiger partial charge in [-0.05, 0) is 6.42 Å². The van der Waals surface area contributed by atoms with Gasteiger partial charge in [0.2, 0.25) is 0 Å². The predicted octanol–water partition coefficient (Wildman–Crippen LogP) is -0.480. The molecule has 0 unspecified atom stereocenters. The van der Waals surface area contributed by atoms with Gasteiger partial charge in [0.25, 0.3) is 0 Å². The van der Waals surface area contributed by atoms with Crippen LogP contribution in [0.3, 0.4) is 0 Å². The Hall–Kier alpha value is -1.30. The molecule has 6 heteroatoms. The minimum Gasteiger partial charge on any atom is -0.481 e. The van der Waals surface area contributed by atoms with Gasteiger partial charge in [0.15, 0.2) is 0 Å². The van der Waals surface area contributed by atoms with Crippen molar-refractivity contribution >= 4 is 12.1 Å². The average molecular weight is 203 g/mol. The molecule has 1 aliphatic heterocycles. The topological polar surface area (TPSA) is 87.1 Å². The molecule has 0 spiro atoms. The smallest absolute Gasteiger partial charge is 0.409 e. The van der Waals surface area contributed by atoms with E-state index in [1.165, 1.54) is 12.0 Å². The number of methoxy groups -OCH3 is 1. The van der Waals surface area contributed by atoms with E-state index in [-0.39, 0.29) is 19.5 Å². The standard InChI is InChI=1S/C8H13NO5/c1-14-8(13)9-3-5(7(11)12)2-6(10)4-9/h5-6,10H,2-4H2,1H3,(H,11,12)/t5-,6+/m1/s1. The number of carboxylic acid groups (broad SMARTS) is 1. The van der Waals surface area contributed by atoms with E-state index in [1.54, 1.807) is 0 Å². The fourth-order valence-electron chi connectivity index (χ4n) is 1.53. The van der Waals surface area contributed by atoms with Crippen molar-refractivity contribution in [2.45, 2.75) is 12.5 Å². The third kappa shape index (κ3) is 2.35. The van der Waals surface area contributed by atoms with E-state index < -0.39 is 24.1 Å². The summed E-state index contributed by atoms with van der Waals surface area (Å²) in [5, 5.41) is 18.1. The van der Waals surface area contributed by atoms with Crippen LogP contribution in [0.25, 0.3) is 0 Å². The Morgan fingerprint density at radius 1 is 1.43 bits per heavy atom. The number of nitrogens with zero attached hydrogens (tertiary/aromatic N) is 1. The number of ether oxygens (including phenoxy) is 1. The quantitative estimate of drug-likeness (QED) is 0.601. The van der Waals surface area contributed by atoms with Gasteiger partial charge < -0.3 is 19.8 Å². The average Bonchev–Trinajstić information content (AvgIpc) is 2.15. The number of piperidine rings is 1. The lowest BCUT2D eigenvalue weighted by Gasteiger charge is -2.32. The number of carbonyl (C=O) groups excluding carboxylic acids is 1. The van der Waals surface area contributed by atoms with Crippen molar-refractivity contribution in [3.63, 3.8) is 0 Å². The highest BCUT2D eigenvalue weighted by molar-refractivity contribution is 5.73. The zero-order valence-corrected chi connectivity index (χ0v) is 7.84. The van der Waals surface area contributed by atoms with Crippen LogP contribution >= 0.6 is 0 Å². The van der Waals surface area contributed by atoms with E-state index in [0.717, 1.165) is 0 Å². The van der Waals surface area contributed by atoms with E-state index in [0.29, 0.717) is 0 Å². The third-order valence-corrected chi connectivity index (χ3v) is 2.21. The van der Waals surface area contributed by atoms with Crippen LogP contribution in [0.1, 0.15) is 6.42 Å². The largest absolute Gasteiger partial charge is 0.481 e. The lowest BCUT2D eigenvalue weighted by Crippen LogP contribution is -2.48. The van der Waals surface area contributed by atoms with Crippen LogP contribution in [0, 0.1) is 5.92 Å². The molecule has 1 heterocycles. The van der Waals surface area contributed by atoms with Crippen molar-refractivity contribution in [3.8, 4) is 0 Å². The zero-order valence-electron chi connectivity index (χ0n) is 7.84. The maximum Gasteiger partial charge on any atom is 0.409 e.